The summed E-state index contributed by atoms with van der Waals surface area (Å²) in [5.41, 5.74) is 0.968. The van der Waals surface area contributed by atoms with Gasteiger partial charge in [-0.15, -0.1) is 5.10 Å². The van der Waals surface area contributed by atoms with Crippen LogP contribution in [0, 0.1) is 0 Å². The summed E-state index contributed by atoms with van der Waals surface area (Å²) in [5.74, 6) is -0.230. The maximum absolute atomic E-state index is 12.2. The lowest BCUT2D eigenvalue weighted by atomic mass is 10.2. The third kappa shape index (κ3) is 4.02. The first-order chi connectivity index (χ1) is 11.4. The van der Waals surface area contributed by atoms with Crippen molar-refractivity contribution in [3.8, 4) is 11.4 Å². The molecule has 10 heteroatoms. The van der Waals surface area contributed by atoms with E-state index in [0.29, 0.717) is 16.3 Å². The molecule has 0 amide bonds. The van der Waals surface area contributed by atoms with Gasteiger partial charge in [-0.25, -0.2) is 4.68 Å². The zero-order valence-electron chi connectivity index (χ0n) is 12.0. The quantitative estimate of drug-likeness (QED) is 0.628. The van der Waals surface area contributed by atoms with Gasteiger partial charge < -0.3 is 4.18 Å². The third-order valence-electron chi connectivity index (χ3n) is 3.00. The molecular weight excluding hydrogens is 375 g/mol. The lowest BCUT2D eigenvalue weighted by Crippen LogP contribution is -2.12. The second-order valence-corrected chi connectivity index (χ2v) is 7.19. The molecular formula is C14H10Cl2N4O3S. The highest BCUT2D eigenvalue weighted by Crippen LogP contribution is 2.24. The second kappa shape index (κ2) is 6.76. The minimum Gasteiger partial charge on any atom is -0.382 e. The van der Waals surface area contributed by atoms with Crippen LogP contribution < -0.4 is 4.18 Å². The average molecular weight is 385 g/mol. The molecule has 0 fully saturated rings. The maximum Gasteiger partial charge on any atom is 0.313 e. The summed E-state index contributed by atoms with van der Waals surface area (Å²) in [6.07, 6.45) is 1.39. The molecule has 1 aromatic heterocycles. The first-order valence-electron chi connectivity index (χ1n) is 6.62. The molecule has 0 radical (unpaired) electrons. The minimum atomic E-state index is -3.90. The summed E-state index contributed by atoms with van der Waals surface area (Å²) >= 11 is 11.8. The third-order valence-corrected chi connectivity index (χ3v) is 4.70. The topological polar surface area (TPSA) is 87.0 Å². The van der Waals surface area contributed by atoms with Crippen LogP contribution in [0.4, 0.5) is 0 Å². The Bertz CT molecular complexity index is 962. The van der Waals surface area contributed by atoms with Gasteiger partial charge in [0.25, 0.3) is 0 Å². The van der Waals surface area contributed by atoms with Gasteiger partial charge in [-0.2, -0.15) is 8.42 Å². The molecule has 0 spiro atoms. The molecule has 3 rings (SSSR count). The van der Waals surface area contributed by atoms with E-state index in [1.807, 2.05) is 0 Å². The Hall–Kier alpha value is -2.16. The predicted molar refractivity (Wildman–Crippen MR) is 88.9 cm³/mol. The molecule has 0 N–H and O–H groups in total. The molecule has 0 bridgehead atoms. The maximum atomic E-state index is 12.2. The van der Waals surface area contributed by atoms with Crippen molar-refractivity contribution in [2.24, 2.45) is 0 Å². The largest absolute Gasteiger partial charge is 0.382 e. The average Bonchev–Trinajstić information content (AvgIpc) is 3.04. The van der Waals surface area contributed by atoms with Crippen LogP contribution in [-0.2, 0) is 15.9 Å². The number of tetrazole rings is 1. The van der Waals surface area contributed by atoms with E-state index in [0.717, 1.165) is 0 Å². The summed E-state index contributed by atoms with van der Waals surface area (Å²) in [7, 11) is -3.90. The molecule has 0 aliphatic rings. The molecule has 1 heterocycles. The SMILES string of the molecule is O=S(=O)(Cc1ccc(Cl)cc1Cl)Oc1cccc(-n2cnnn2)c1. The van der Waals surface area contributed by atoms with Crippen molar-refractivity contribution in [1.29, 1.82) is 0 Å². The van der Waals surface area contributed by atoms with E-state index >= 15 is 0 Å². The van der Waals surface area contributed by atoms with E-state index in [1.165, 1.54) is 29.2 Å². The second-order valence-electron chi connectivity index (χ2n) is 4.77. The normalized spacial score (nSPS) is 11.4. The fraction of sp³-hybridized carbons (Fsp3) is 0.0714. The van der Waals surface area contributed by atoms with E-state index in [-0.39, 0.29) is 16.5 Å². The smallest absolute Gasteiger partial charge is 0.313 e. The summed E-state index contributed by atoms with van der Waals surface area (Å²) in [5, 5.41) is 11.5. The van der Waals surface area contributed by atoms with Crippen LogP contribution in [0.2, 0.25) is 10.0 Å². The summed E-state index contributed by atoms with van der Waals surface area (Å²) < 4.78 is 31.0. The van der Waals surface area contributed by atoms with Crippen molar-refractivity contribution in [3.05, 3.63) is 64.4 Å². The van der Waals surface area contributed by atoms with Gasteiger partial charge in [-0.1, -0.05) is 35.3 Å². The van der Waals surface area contributed by atoms with Gasteiger partial charge in [0.1, 0.15) is 17.8 Å². The van der Waals surface area contributed by atoms with E-state index in [2.05, 4.69) is 15.5 Å². The summed E-state index contributed by atoms with van der Waals surface area (Å²) in [6, 6.07) is 11.0. The molecule has 0 atom stereocenters. The first kappa shape index (κ1) is 16.7. The highest BCUT2D eigenvalue weighted by molar-refractivity contribution is 7.86. The summed E-state index contributed by atoms with van der Waals surface area (Å²) in [4.78, 5) is 0. The zero-order chi connectivity index (χ0) is 17.2. The van der Waals surface area contributed by atoms with Gasteiger partial charge in [0.15, 0.2) is 0 Å². The van der Waals surface area contributed by atoms with Gasteiger partial charge >= 0.3 is 10.1 Å². The monoisotopic (exact) mass is 384 g/mol. The van der Waals surface area contributed by atoms with E-state index < -0.39 is 10.1 Å². The number of hydrogen-bond acceptors (Lipinski definition) is 6. The highest BCUT2D eigenvalue weighted by atomic mass is 35.5. The molecule has 124 valence electrons. The van der Waals surface area contributed by atoms with Gasteiger partial charge in [0, 0.05) is 16.1 Å². The lowest BCUT2D eigenvalue weighted by Gasteiger charge is -2.09. The standard InChI is InChI=1S/C14H10Cl2N4O3S/c15-11-5-4-10(14(16)6-11)8-24(21,22)23-13-3-1-2-12(7-13)20-9-17-18-19-20/h1-7,9H,8H2. The van der Waals surface area contributed by atoms with E-state index in [1.54, 1.807) is 24.3 Å². The van der Waals surface area contributed by atoms with Crippen molar-refractivity contribution >= 4 is 33.3 Å². The Morgan fingerprint density at radius 3 is 2.67 bits per heavy atom. The Labute approximate surface area is 147 Å². The molecule has 0 saturated heterocycles. The molecule has 7 nitrogen and oxygen atoms in total. The van der Waals surface area contributed by atoms with Crippen molar-refractivity contribution in [2.45, 2.75) is 5.75 Å². The van der Waals surface area contributed by atoms with Crippen LogP contribution in [0.15, 0.2) is 48.8 Å². The Morgan fingerprint density at radius 2 is 1.96 bits per heavy atom. The number of benzene rings is 2. The number of nitrogens with zero attached hydrogens (tertiary/aromatic N) is 4. The zero-order valence-corrected chi connectivity index (χ0v) is 14.3. The van der Waals surface area contributed by atoms with Crippen molar-refractivity contribution < 1.29 is 12.6 Å². The van der Waals surface area contributed by atoms with Crippen LogP contribution in [0.25, 0.3) is 5.69 Å². The fourth-order valence-corrected chi connectivity index (χ4v) is 3.61. The minimum absolute atomic E-state index is 0.146. The Balaban J connectivity index is 1.81. The van der Waals surface area contributed by atoms with E-state index in [9.17, 15) is 8.42 Å². The van der Waals surface area contributed by atoms with Gasteiger partial charge in [0.2, 0.25) is 0 Å². The van der Waals surface area contributed by atoms with Crippen LogP contribution >= 0.6 is 23.2 Å². The number of hydrogen-bond donors (Lipinski definition) is 0. The lowest BCUT2D eigenvalue weighted by molar-refractivity contribution is 0.485. The Kier molecular flexibility index (Phi) is 4.70. The molecule has 0 aliphatic heterocycles. The van der Waals surface area contributed by atoms with E-state index in [4.69, 9.17) is 27.4 Å². The summed E-state index contributed by atoms with van der Waals surface area (Å²) in [6.45, 7) is 0. The molecule has 0 aliphatic carbocycles. The fourth-order valence-electron chi connectivity index (χ4n) is 1.96. The number of rotatable bonds is 5. The molecule has 24 heavy (non-hydrogen) atoms. The van der Waals surface area contributed by atoms with Crippen molar-refractivity contribution in [3.63, 3.8) is 0 Å². The molecule has 0 saturated carbocycles. The predicted octanol–water partition coefficient (Wildman–Crippen LogP) is 2.88. The van der Waals surface area contributed by atoms with Gasteiger partial charge in [-0.05, 0) is 40.3 Å². The van der Waals surface area contributed by atoms with Crippen LogP contribution in [0.3, 0.4) is 0 Å². The molecule has 2 aromatic carbocycles. The van der Waals surface area contributed by atoms with Gasteiger partial charge in [0.05, 0.1) is 5.69 Å². The molecule has 0 unspecified atom stereocenters. The van der Waals surface area contributed by atoms with Gasteiger partial charge in [-0.3, -0.25) is 0 Å². The molecule has 3 aromatic rings. The number of aromatic nitrogens is 4. The van der Waals surface area contributed by atoms with Crippen LogP contribution in [0.1, 0.15) is 5.56 Å². The first-order valence-corrected chi connectivity index (χ1v) is 8.96. The van der Waals surface area contributed by atoms with Crippen molar-refractivity contribution in [2.75, 3.05) is 0 Å². The Morgan fingerprint density at radius 1 is 1.12 bits per heavy atom. The number of halogens is 2. The van der Waals surface area contributed by atoms with Crippen LogP contribution in [-0.4, -0.2) is 28.6 Å². The van der Waals surface area contributed by atoms with Crippen LogP contribution in [0.5, 0.6) is 5.75 Å². The van der Waals surface area contributed by atoms with Crippen molar-refractivity contribution in [1.82, 2.24) is 20.2 Å². The highest BCUT2D eigenvalue weighted by Gasteiger charge is 2.17.